The number of amides is 2. The van der Waals surface area contributed by atoms with Gasteiger partial charge < -0.3 is 10.6 Å². The lowest BCUT2D eigenvalue weighted by Crippen LogP contribution is -2.41. The van der Waals surface area contributed by atoms with Crippen LogP contribution >= 0.6 is 11.8 Å². The van der Waals surface area contributed by atoms with Crippen molar-refractivity contribution >= 4 is 29.3 Å². The second kappa shape index (κ2) is 9.63. The third-order valence-corrected chi connectivity index (χ3v) is 5.52. The van der Waals surface area contributed by atoms with Crippen molar-refractivity contribution in [2.24, 2.45) is 0 Å². The number of nitrogens with one attached hydrogen (secondary N) is 2. The van der Waals surface area contributed by atoms with Crippen molar-refractivity contribution in [3.8, 4) is 0 Å². The van der Waals surface area contributed by atoms with Crippen LogP contribution in [0.3, 0.4) is 0 Å². The molecule has 3 aromatic rings. The van der Waals surface area contributed by atoms with E-state index in [-0.39, 0.29) is 17.4 Å². The van der Waals surface area contributed by atoms with Crippen LogP contribution in [-0.4, -0.2) is 17.4 Å². The standard InChI is InChI=1S/C25H26N2O2S/c1-25(2,3)27-23(28)20-16-10-11-17-21(20)26-24(29)22(18-12-6-4-7-13-18)30-19-14-8-5-9-15-19/h4-17,22H,1-3H3,(H,26,29)(H,27,28). The molecule has 0 saturated carbocycles. The highest BCUT2D eigenvalue weighted by Crippen LogP contribution is 2.36. The fourth-order valence-electron chi connectivity index (χ4n) is 2.93. The lowest BCUT2D eigenvalue weighted by atomic mass is 10.1. The van der Waals surface area contributed by atoms with Crippen LogP contribution in [0.2, 0.25) is 0 Å². The van der Waals surface area contributed by atoms with E-state index >= 15 is 0 Å². The summed E-state index contributed by atoms with van der Waals surface area (Å²) < 4.78 is 0. The second-order valence-electron chi connectivity index (χ2n) is 7.96. The van der Waals surface area contributed by atoms with Crippen LogP contribution in [0, 0.1) is 0 Å². The zero-order valence-electron chi connectivity index (χ0n) is 17.4. The van der Waals surface area contributed by atoms with Crippen LogP contribution in [0.15, 0.2) is 89.8 Å². The lowest BCUT2D eigenvalue weighted by Gasteiger charge is -2.22. The van der Waals surface area contributed by atoms with Gasteiger partial charge in [-0.3, -0.25) is 9.59 Å². The van der Waals surface area contributed by atoms with Gasteiger partial charge in [-0.1, -0.05) is 60.7 Å². The number of anilines is 1. The Morgan fingerprint density at radius 3 is 2.00 bits per heavy atom. The van der Waals surface area contributed by atoms with E-state index in [1.165, 1.54) is 11.8 Å². The summed E-state index contributed by atoms with van der Waals surface area (Å²) in [4.78, 5) is 27.0. The van der Waals surface area contributed by atoms with Crippen LogP contribution in [-0.2, 0) is 4.79 Å². The molecule has 4 nitrogen and oxygen atoms in total. The van der Waals surface area contributed by atoms with Gasteiger partial charge in [-0.15, -0.1) is 11.8 Å². The van der Waals surface area contributed by atoms with E-state index in [9.17, 15) is 9.59 Å². The largest absolute Gasteiger partial charge is 0.347 e. The fourth-order valence-corrected chi connectivity index (χ4v) is 3.98. The first-order valence-electron chi connectivity index (χ1n) is 9.82. The van der Waals surface area contributed by atoms with Crippen LogP contribution in [0.5, 0.6) is 0 Å². The first kappa shape index (κ1) is 21.7. The first-order valence-corrected chi connectivity index (χ1v) is 10.7. The maximum Gasteiger partial charge on any atom is 0.253 e. The number of thioether (sulfide) groups is 1. The van der Waals surface area contributed by atoms with E-state index in [0.29, 0.717) is 11.3 Å². The average molecular weight is 419 g/mol. The van der Waals surface area contributed by atoms with E-state index in [1.807, 2.05) is 87.5 Å². The molecule has 2 amide bonds. The maximum atomic E-state index is 13.3. The van der Waals surface area contributed by atoms with Gasteiger partial charge in [0, 0.05) is 10.4 Å². The summed E-state index contributed by atoms with van der Waals surface area (Å²) in [6, 6.07) is 26.6. The average Bonchev–Trinajstić information content (AvgIpc) is 2.72. The van der Waals surface area contributed by atoms with Crippen molar-refractivity contribution in [3.63, 3.8) is 0 Å². The molecule has 1 atom stereocenters. The van der Waals surface area contributed by atoms with Crippen LogP contribution in [0.4, 0.5) is 5.69 Å². The topological polar surface area (TPSA) is 58.2 Å². The van der Waals surface area contributed by atoms with Gasteiger partial charge in [0.2, 0.25) is 5.91 Å². The number of carbonyl (C=O) groups excluding carboxylic acids is 2. The van der Waals surface area contributed by atoms with E-state index in [0.717, 1.165) is 10.5 Å². The Hall–Kier alpha value is -3.05. The molecule has 2 N–H and O–H groups in total. The summed E-state index contributed by atoms with van der Waals surface area (Å²) >= 11 is 1.48. The summed E-state index contributed by atoms with van der Waals surface area (Å²) in [5.74, 6) is -0.392. The number of para-hydroxylation sites is 1. The van der Waals surface area contributed by atoms with E-state index in [2.05, 4.69) is 10.6 Å². The van der Waals surface area contributed by atoms with Crippen molar-refractivity contribution in [1.29, 1.82) is 0 Å². The minimum absolute atomic E-state index is 0.175. The third-order valence-electron chi connectivity index (χ3n) is 4.26. The number of hydrogen-bond acceptors (Lipinski definition) is 3. The Balaban J connectivity index is 1.87. The Kier molecular flexibility index (Phi) is 6.95. The Morgan fingerprint density at radius 1 is 0.800 bits per heavy atom. The quantitative estimate of drug-likeness (QED) is 0.506. The monoisotopic (exact) mass is 418 g/mol. The molecule has 0 aliphatic rings. The third kappa shape index (κ3) is 5.97. The van der Waals surface area contributed by atoms with E-state index in [1.54, 1.807) is 18.2 Å². The van der Waals surface area contributed by atoms with Gasteiger partial charge in [-0.2, -0.15) is 0 Å². The zero-order valence-corrected chi connectivity index (χ0v) is 18.2. The zero-order chi connectivity index (χ0) is 21.6. The highest BCUT2D eigenvalue weighted by molar-refractivity contribution is 8.00. The predicted molar refractivity (Wildman–Crippen MR) is 124 cm³/mol. The van der Waals surface area contributed by atoms with Gasteiger partial charge in [0.25, 0.3) is 5.91 Å². The molecule has 0 saturated heterocycles. The molecule has 0 aliphatic heterocycles. The summed E-state index contributed by atoms with van der Waals surface area (Å²) in [5, 5.41) is 5.48. The molecule has 3 rings (SSSR count). The van der Waals surface area contributed by atoms with Gasteiger partial charge in [-0.25, -0.2) is 0 Å². The minimum Gasteiger partial charge on any atom is -0.347 e. The Bertz CT molecular complexity index is 998. The van der Waals surface area contributed by atoms with Crippen LogP contribution in [0.1, 0.15) is 41.9 Å². The van der Waals surface area contributed by atoms with Gasteiger partial charge in [-0.05, 0) is 50.6 Å². The van der Waals surface area contributed by atoms with Crippen molar-refractivity contribution in [2.45, 2.75) is 36.5 Å². The van der Waals surface area contributed by atoms with Crippen molar-refractivity contribution < 1.29 is 9.59 Å². The minimum atomic E-state index is -0.452. The molecule has 0 aromatic heterocycles. The maximum absolute atomic E-state index is 13.3. The molecular formula is C25H26N2O2S. The normalized spacial score (nSPS) is 12.1. The van der Waals surface area contributed by atoms with E-state index < -0.39 is 5.25 Å². The summed E-state index contributed by atoms with van der Waals surface area (Å²) in [5.41, 5.74) is 1.47. The Morgan fingerprint density at radius 2 is 1.37 bits per heavy atom. The summed E-state index contributed by atoms with van der Waals surface area (Å²) in [6.07, 6.45) is 0. The van der Waals surface area contributed by atoms with Crippen molar-refractivity contribution in [2.75, 3.05) is 5.32 Å². The van der Waals surface area contributed by atoms with Gasteiger partial charge in [0.05, 0.1) is 11.3 Å². The molecule has 0 aliphatic carbocycles. The number of rotatable bonds is 6. The molecule has 3 aromatic carbocycles. The van der Waals surface area contributed by atoms with Gasteiger partial charge in [0.1, 0.15) is 5.25 Å². The molecule has 154 valence electrons. The number of hydrogen-bond donors (Lipinski definition) is 2. The molecule has 0 fully saturated rings. The second-order valence-corrected chi connectivity index (χ2v) is 9.14. The smallest absolute Gasteiger partial charge is 0.253 e. The van der Waals surface area contributed by atoms with Crippen molar-refractivity contribution in [1.82, 2.24) is 5.32 Å². The molecular weight excluding hydrogens is 392 g/mol. The Labute approximate surface area is 182 Å². The fraction of sp³-hybridized carbons (Fsp3) is 0.200. The number of benzene rings is 3. The SMILES string of the molecule is CC(C)(C)NC(=O)c1ccccc1NC(=O)C(Sc1ccccc1)c1ccccc1. The predicted octanol–water partition coefficient (Wildman–Crippen LogP) is 5.69. The number of carbonyl (C=O) groups is 2. The highest BCUT2D eigenvalue weighted by atomic mass is 32.2. The molecule has 30 heavy (non-hydrogen) atoms. The van der Waals surface area contributed by atoms with E-state index in [4.69, 9.17) is 0 Å². The lowest BCUT2D eigenvalue weighted by molar-refractivity contribution is -0.115. The first-order chi connectivity index (χ1) is 14.3. The summed E-state index contributed by atoms with van der Waals surface area (Å²) in [6.45, 7) is 5.77. The molecule has 5 heteroatoms. The van der Waals surface area contributed by atoms with Gasteiger partial charge >= 0.3 is 0 Å². The molecule has 1 unspecified atom stereocenters. The van der Waals surface area contributed by atoms with Crippen LogP contribution < -0.4 is 10.6 Å². The summed E-state index contributed by atoms with van der Waals surface area (Å²) in [7, 11) is 0. The highest BCUT2D eigenvalue weighted by Gasteiger charge is 2.24. The molecule has 0 bridgehead atoms. The molecule has 0 heterocycles. The van der Waals surface area contributed by atoms with Gasteiger partial charge in [0.15, 0.2) is 0 Å². The molecule has 0 radical (unpaired) electrons. The van der Waals surface area contributed by atoms with Crippen molar-refractivity contribution in [3.05, 3.63) is 96.1 Å². The van der Waals surface area contributed by atoms with Crippen LogP contribution in [0.25, 0.3) is 0 Å². The molecule has 0 spiro atoms.